The second-order valence-electron chi connectivity index (χ2n) is 4.48. The van der Waals surface area contributed by atoms with Gasteiger partial charge in [0.25, 0.3) is 0 Å². The molecule has 1 aliphatic heterocycles. The zero-order chi connectivity index (χ0) is 13.1. The van der Waals surface area contributed by atoms with Crippen molar-refractivity contribution < 1.29 is 19.2 Å². The number of hydrogen-bond donors (Lipinski definition) is 2. The van der Waals surface area contributed by atoms with Gasteiger partial charge in [0.2, 0.25) is 0 Å². The monoisotopic (exact) mass is 316 g/mol. The highest BCUT2D eigenvalue weighted by atomic mass is 79.9. The van der Waals surface area contributed by atoms with Crippen LogP contribution in [0.3, 0.4) is 0 Å². The first-order chi connectivity index (χ1) is 8.59. The van der Waals surface area contributed by atoms with Crippen LogP contribution in [0.5, 0.6) is 0 Å². The fourth-order valence-electron chi connectivity index (χ4n) is 2.23. The molecule has 1 aromatic carbocycles. The van der Waals surface area contributed by atoms with Crippen molar-refractivity contribution in [3.05, 3.63) is 28.0 Å². The molecule has 18 heavy (non-hydrogen) atoms. The van der Waals surface area contributed by atoms with Gasteiger partial charge in [-0.25, -0.2) is 4.39 Å². The molecule has 1 aliphatic rings. The fourth-order valence-corrected chi connectivity index (χ4v) is 2.74. The van der Waals surface area contributed by atoms with Gasteiger partial charge in [0.1, 0.15) is 5.82 Å². The summed E-state index contributed by atoms with van der Waals surface area (Å²) in [7, 11) is -1.80. The summed E-state index contributed by atoms with van der Waals surface area (Å²) in [4.78, 5) is 0. The predicted octanol–water partition coefficient (Wildman–Crippen LogP) is 1.38. The zero-order valence-electron chi connectivity index (χ0n) is 9.90. The molecule has 0 amide bonds. The topological polar surface area (TPSA) is 49.7 Å². The number of benzene rings is 1. The van der Waals surface area contributed by atoms with E-state index in [9.17, 15) is 4.39 Å². The molecule has 6 heteroatoms. The van der Waals surface area contributed by atoms with E-state index in [1.807, 2.05) is 0 Å². The molecule has 0 radical (unpaired) electrons. The van der Waals surface area contributed by atoms with Crippen LogP contribution in [0.1, 0.15) is 24.8 Å². The molecule has 2 rings (SSSR count). The van der Waals surface area contributed by atoms with Crippen LogP contribution in [0.15, 0.2) is 16.6 Å². The minimum Gasteiger partial charge on any atom is -0.423 e. The van der Waals surface area contributed by atoms with Gasteiger partial charge in [0, 0.05) is 16.5 Å². The fraction of sp³-hybridized carbons (Fsp3) is 0.500. The highest BCUT2D eigenvalue weighted by Gasteiger charge is 2.23. The van der Waals surface area contributed by atoms with Crippen LogP contribution < -0.4 is 5.46 Å². The summed E-state index contributed by atoms with van der Waals surface area (Å²) in [5.74, 6) is -0.544. The molecule has 0 aliphatic carbocycles. The normalized spacial score (nSPS) is 19.2. The van der Waals surface area contributed by atoms with Crippen molar-refractivity contribution in [2.75, 3.05) is 6.61 Å². The molecule has 1 fully saturated rings. The zero-order valence-corrected chi connectivity index (χ0v) is 11.5. The number of rotatable bonds is 4. The van der Waals surface area contributed by atoms with Crippen LogP contribution in [-0.4, -0.2) is 29.9 Å². The summed E-state index contributed by atoms with van der Waals surface area (Å²) in [6.07, 6.45) is 3.60. The molecular weight excluding hydrogens is 302 g/mol. The van der Waals surface area contributed by atoms with E-state index in [2.05, 4.69) is 15.9 Å². The Hall–Kier alpha value is -0.425. The van der Waals surface area contributed by atoms with Crippen LogP contribution in [0.4, 0.5) is 4.39 Å². The Labute approximate surface area is 114 Å². The quantitative estimate of drug-likeness (QED) is 0.825. The van der Waals surface area contributed by atoms with Crippen LogP contribution in [0.2, 0.25) is 0 Å². The molecule has 1 heterocycles. The van der Waals surface area contributed by atoms with E-state index in [1.165, 1.54) is 0 Å². The maximum atomic E-state index is 14.1. The Balaban J connectivity index is 2.10. The molecular formula is C12H15BBrFO3. The van der Waals surface area contributed by atoms with E-state index >= 15 is 0 Å². The Morgan fingerprint density at radius 2 is 2.22 bits per heavy atom. The Morgan fingerprint density at radius 3 is 2.83 bits per heavy atom. The van der Waals surface area contributed by atoms with E-state index in [-0.39, 0.29) is 11.6 Å². The van der Waals surface area contributed by atoms with Gasteiger partial charge in [-0.1, -0.05) is 22.0 Å². The second-order valence-corrected chi connectivity index (χ2v) is 5.34. The molecule has 2 N–H and O–H groups in total. The third-order valence-corrected chi connectivity index (χ3v) is 3.92. The first-order valence-electron chi connectivity index (χ1n) is 6.04. The van der Waals surface area contributed by atoms with Crippen molar-refractivity contribution in [2.45, 2.75) is 31.8 Å². The van der Waals surface area contributed by atoms with Crippen molar-refractivity contribution in [1.29, 1.82) is 0 Å². The number of hydrogen-bond acceptors (Lipinski definition) is 3. The Kier molecular flexibility index (Phi) is 4.78. The van der Waals surface area contributed by atoms with Crippen molar-refractivity contribution in [1.82, 2.24) is 0 Å². The molecule has 1 atom stereocenters. The lowest BCUT2D eigenvalue weighted by atomic mass is 9.78. The first-order valence-corrected chi connectivity index (χ1v) is 6.83. The van der Waals surface area contributed by atoms with Gasteiger partial charge in [0.05, 0.1) is 6.10 Å². The van der Waals surface area contributed by atoms with Gasteiger partial charge in [-0.3, -0.25) is 0 Å². The van der Waals surface area contributed by atoms with Gasteiger partial charge < -0.3 is 14.8 Å². The minimum atomic E-state index is -1.80. The smallest absolute Gasteiger partial charge is 0.423 e. The van der Waals surface area contributed by atoms with Crippen LogP contribution in [-0.2, 0) is 11.2 Å². The minimum absolute atomic E-state index is 0.0974. The predicted molar refractivity (Wildman–Crippen MR) is 71.2 cm³/mol. The third kappa shape index (κ3) is 3.12. The SMILES string of the molecule is OB(O)c1c(Br)ccc(CCC2CCCO2)c1F. The van der Waals surface area contributed by atoms with Crippen molar-refractivity contribution in [3.8, 4) is 0 Å². The van der Waals surface area contributed by atoms with Gasteiger partial charge in [-0.15, -0.1) is 0 Å². The number of ether oxygens (including phenoxy) is 1. The van der Waals surface area contributed by atoms with Crippen LogP contribution in [0.25, 0.3) is 0 Å². The van der Waals surface area contributed by atoms with Crippen molar-refractivity contribution >= 4 is 28.5 Å². The lowest BCUT2D eigenvalue weighted by molar-refractivity contribution is 0.104. The largest absolute Gasteiger partial charge is 0.492 e. The van der Waals surface area contributed by atoms with Gasteiger partial charge >= 0.3 is 7.12 Å². The molecule has 1 aromatic rings. The van der Waals surface area contributed by atoms with E-state index in [0.29, 0.717) is 16.5 Å². The molecule has 0 saturated carbocycles. The second kappa shape index (κ2) is 6.15. The molecule has 0 aromatic heterocycles. The van der Waals surface area contributed by atoms with E-state index in [1.54, 1.807) is 12.1 Å². The summed E-state index contributed by atoms with van der Waals surface area (Å²) >= 11 is 3.11. The average Bonchev–Trinajstić information content (AvgIpc) is 2.80. The van der Waals surface area contributed by atoms with E-state index in [0.717, 1.165) is 25.9 Å². The molecule has 0 bridgehead atoms. The lowest BCUT2D eigenvalue weighted by Gasteiger charge is -2.12. The lowest BCUT2D eigenvalue weighted by Crippen LogP contribution is -2.34. The summed E-state index contributed by atoms with van der Waals surface area (Å²) in [5, 5.41) is 18.3. The Morgan fingerprint density at radius 1 is 1.44 bits per heavy atom. The van der Waals surface area contributed by atoms with Gasteiger partial charge in [-0.2, -0.15) is 0 Å². The molecule has 3 nitrogen and oxygen atoms in total. The molecule has 1 saturated heterocycles. The third-order valence-electron chi connectivity index (χ3n) is 3.22. The maximum absolute atomic E-state index is 14.1. The van der Waals surface area contributed by atoms with E-state index < -0.39 is 12.9 Å². The standard InChI is InChI=1S/C12H15BBrFO3/c14-10-6-4-8(12(15)11(10)13(16)17)3-5-9-2-1-7-18-9/h4,6,9,16-17H,1-3,5,7H2. The van der Waals surface area contributed by atoms with Crippen molar-refractivity contribution in [3.63, 3.8) is 0 Å². The van der Waals surface area contributed by atoms with Crippen LogP contribution >= 0.6 is 15.9 Å². The first kappa shape index (κ1) is 14.0. The summed E-state index contributed by atoms with van der Waals surface area (Å²) in [5.41, 5.74) is 0.400. The molecule has 1 unspecified atom stereocenters. The summed E-state index contributed by atoms with van der Waals surface area (Å²) < 4.78 is 19.9. The summed E-state index contributed by atoms with van der Waals surface area (Å²) in [6, 6.07) is 3.31. The average molecular weight is 317 g/mol. The van der Waals surface area contributed by atoms with Gasteiger partial charge in [0.15, 0.2) is 0 Å². The highest BCUT2D eigenvalue weighted by Crippen LogP contribution is 2.20. The number of aryl methyl sites for hydroxylation is 1. The molecule has 98 valence electrons. The highest BCUT2D eigenvalue weighted by molar-refractivity contribution is 9.10. The molecule has 0 spiro atoms. The van der Waals surface area contributed by atoms with Crippen LogP contribution in [0, 0.1) is 5.82 Å². The Bertz CT molecular complexity index is 422. The summed E-state index contributed by atoms with van der Waals surface area (Å²) in [6.45, 7) is 0.786. The van der Waals surface area contributed by atoms with Crippen molar-refractivity contribution in [2.24, 2.45) is 0 Å². The van der Waals surface area contributed by atoms with Gasteiger partial charge in [-0.05, 0) is 37.3 Å². The number of halogens is 2. The van der Waals surface area contributed by atoms with E-state index in [4.69, 9.17) is 14.8 Å². The maximum Gasteiger partial charge on any atom is 0.492 e.